The van der Waals surface area contributed by atoms with Gasteiger partial charge in [-0.25, -0.2) is 0 Å². The maximum atomic E-state index is 8.74. The van der Waals surface area contributed by atoms with Gasteiger partial charge < -0.3 is 9.59 Å². The van der Waals surface area contributed by atoms with Crippen LogP contribution in [0.4, 0.5) is 0 Å². The van der Waals surface area contributed by atoms with E-state index in [2.05, 4.69) is 0 Å². The third kappa shape index (κ3) is 170. The summed E-state index contributed by atoms with van der Waals surface area (Å²) >= 11 is 0. The Hall–Kier alpha value is 0.383. The Morgan fingerprint density at radius 1 is 1.40 bits per heavy atom. The van der Waals surface area contributed by atoms with Crippen molar-refractivity contribution in [3.8, 4) is 0 Å². The zero-order valence-electron chi connectivity index (χ0n) is 1.80. The van der Waals surface area contributed by atoms with E-state index < -0.39 is 9.17 Å². The molecule has 0 saturated carbocycles. The fourth-order valence-electron chi connectivity index (χ4n) is 0. The van der Waals surface area contributed by atoms with E-state index in [-0.39, 0.29) is 23.1 Å². The quantitative estimate of drug-likeness (QED) is 0.333. The zero-order valence-corrected chi connectivity index (χ0v) is 2.80. The summed E-state index contributed by atoms with van der Waals surface area (Å²) in [4.78, 5) is 14.3. The molecule has 28 valence electrons. The summed E-state index contributed by atoms with van der Waals surface area (Å²) in [7, 11) is -3.13. The molecule has 0 atom stereocenters. The van der Waals surface area contributed by atoms with Crippen molar-refractivity contribution in [3.05, 3.63) is 0 Å². The van der Waals surface area contributed by atoms with Gasteiger partial charge in [0, 0.05) is 0 Å². The molecule has 0 heterocycles. The highest BCUT2D eigenvalue weighted by molar-refractivity contribution is 6.22. The van der Waals surface area contributed by atoms with E-state index in [0.717, 1.165) is 0 Å². The van der Waals surface area contributed by atoms with Gasteiger partial charge in [-0.15, -0.1) is 0 Å². The second-order valence-electron chi connectivity index (χ2n) is 0.283. The van der Waals surface area contributed by atoms with Crippen LogP contribution in [-0.2, 0) is 4.46 Å². The third-order valence-electron chi connectivity index (χ3n) is 0. The molecule has 0 aliphatic carbocycles. The van der Waals surface area contributed by atoms with Crippen molar-refractivity contribution in [3.63, 3.8) is 0 Å². The van der Waals surface area contributed by atoms with Crippen LogP contribution in [0.15, 0.2) is 0 Å². The molecule has 0 rings (SSSR count). The van der Waals surface area contributed by atoms with Crippen molar-refractivity contribution < 1.29 is 14.1 Å². The number of hydrogen-bond donors (Lipinski definition) is 2. The molecule has 0 bridgehead atoms. The first-order chi connectivity index (χ1) is 1.73. The van der Waals surface area contributed by atoms with Crippen molar-refractivity contribution in [1.82, 2.24) is 0 Å². The Bertz CT molecular complexity index is 29.9. The van der Waals surface area contributed by atoms with Crippen molar-refractivity contribution in [2.45, 2.75) is 0 Å². The van der Waals surface area contributed by atoms with E-state index in [1.54, 1.807) is 0 Å². The monoisotopic (exact) mass is 104 g/mol. The number of rotatable bonds is 0. The van der Waals surface area contributed by atoms with Crippen LogP contribution in [0.1, 0.15) is 0 Å². The van der Waals surface area contributed by atoms with Crippen molar-refractivity contribution in [1.29, 1.82) is 0 Å². The van der Waals surface area contributed by atoms with Gasteiger partial charge in [0.05, 0.1) is 0 Å². The summed E-state index contributed by atoms with van der Waals surface area (Å²) in [5, 5.41) is 0. The second kappa shape index (κ2) is 4.38. The predicted octanol–water partition coefficient (Wildman–Crippen LogP) is -2.53. The minimum absolute atomic E-state index is 0. The van der Waals surface area contributed by atoms with Crippen LogP contribution >= 0.6 is 0 Å². The molecule has 2 N–H and O–H groups in total. The molecular weight excluding hydrogens is 100 g/mol. The van der Waals surface area contributed by atoms with Gasteiger partial charge in [-0.3, -0.25) is 4.46 Å². The largest absolute Gasteiger partial charge is 0.761 e. The van der Waals surface area contributed by atoms with Gasteiger partial charge in [0.2, 0.25) is 0 Å². The summed E-state index contributed by atoms with van der Waals surface area (Å²) < 4.78 is 8.74. The minimum atomic E-state index is -3.13. The highest BCUT2D eigenvalue weighted by Gasteiger charge is 1.85. The van der Waals surface area contributed by atoms with E-state index in [0.29, 0.717) is 0 Å². The molecule has 0 aliphatic heterocycles. The van der Waals surface area contributed by atoms with Crippen molar-refractivity contribution in [2.24, 2.45) is 0 Å². The van der Waals surface area contributed by atoms with Gasteiger partial charge in [-0.05, 0) is 0 Å². The third-order valence-corrected chi connectivity index (χ3v) is 0. The van der Waals surface area contributed by atoms with Crippen LogP contribution in [-0.4, -0.2) is 41.8 Å². The van der Waals surface area contributed by atoms with E-state index in [4.69, 9.17) is 14.1 Å². The fraction of sp³-hybridized carbons (Fsp3) is 0. The standard InChI is InChI=1S/Mg.H2O3Si.2H/c;1-4(2)3;;/h;1-2H;;. The Morgan fingerprint density at radius 3 is 1.40 bits per heavy atom. The van der Waals surface area contributed by atoms with Gasteiger partial charge >= 0.3 is 32.2 Å². The Kier molecular flexibility index (Phi) is 7.92. The Labute approximate surface area is 46.7 Å². The second-order valence-corrected chi connectivity index (χ2v) is 0.848. The first kappa shape index (κ1) is 9.04. The summed E-state index contributed by atoms with van der Waals surface area (Å²) in [5.41, 5.74) is 0. The lowest BCUT2D eigenvalue weighted by atomic mass is 15.8. The first-order valence-electron chi connectivity index (χ1n) is 0.651. The van der Waals surface area contributed by atoms with Crippen LogP contribution in [0.3, 0.4) is 0 Å². The average molecular weight is 104 g/mol. The van der Waals surface area contributed by atoms with Crippen LogP contribution in [0.2, 0.25) is 0 Å². The lowest BCUT2D eigenvalue weighted by molar-refractivity contribution is 0.330. The van der Waals surface area contributed by atoms with Gasteiger partial charge in [-0.1, -0.05) is 0 Å². The lowest BCUT2D eigenvalue weighted by Gasteiger charge is -1.55. The predicted molar refractivity (Wildman–Crippen MR) is 19.4 cm³/mol. The average Bonchev–Trinajstić information content (AvgIpc) is 0.811. The van der Waals surface area contributed by atoms with Crippen molar-refractivity contribution in [2.75, 3.05) is 0 Å². The van der Waals surface area contributed by atoms with Gasteiger partial charge in [-0.2, -0.15) is 0 Å². The molecule has 5 heavy (non-hydrogen) atoms. The Morgan fingerprint density at radius 2 is 1.40 bits per heavy atom. The summed E-state index contributed by atoms with van der Waals surface area (Å²) in [6.07, 6.45) is 0. The van der Waals surface area contributed by atoms with E-state index in [1.807, 2.05) is 0 Å². The van der Waals surface area contributed by atoms with Crippen LogP contribution in [0, 0.1) is 0 Å². The molecule has 0 aromatic rings. The van der Waals surface area contributed by atoms with Crippen molar-refractivity contribution >= 4 is 32.2 Å². The highest BCUT2D eigenvalue weighted by atomic mass is 28.3. The smallest absolute Gasteiger partial charge is 0.511 e. The minimum Gasteiger partial charge on any atom is -0.511 e. The molecule has 0 amide bonds. The molecule has 0 spiro atoms. The first-order valence-corrected chi connectivity index (χ1v) is 1.95. The van der Waals surface area contributed by atoms with E-state index in [9.17, 15) is 0 Å². The molecule has 0 aromatic heterocycles. The molecule has 3 nitrogen and oxygen atoms in total. The van der Waals surface area contributed by atoms with Crippen LogP contribution < -0.4 is 0 Å². The number of hydrogen-bond acceptors (Lipinski definition) is 1. The summed E-state index contributed by atoms with van der Waals surface area (Å²) in [6, 6.07) is 0. The maximum absolute atomic E-state index is 8.74. The van der Waals surface area contributed by atoms with Gasteiger partial charge in [0.1, 0.15) is 0 Å². The fourth-order valence-corrected chi connectivity index (χ4v) is 0. The lowest BCUT2D eigenvalue weighted by Crippen LogP contribution is -1.90. The SMILES string of the molecule is O=[Si](O)O.[MgH2]. The highest BCUT2D eigenvalue weighted by Crippen LogP contribution is 1.27. The van der Waals surface area contributed by atoms with Gasteiger partial charge in [0.15, 0.2) is 0 Å². The molecule has 0 aliphatic rings. The van der Waals surface area contributed by atoms with Crippen LogP contribution in [0.5, 0.6) is 0 Å². The zero-order chi connectivity index (χ0) is 3.58. The van der Waals surface area contributed by atoms with E-state index in [1.165, 1.54) is 0 Å². The molecular formula is H4MgO3Si. The Balaban J connectivity index is 0. The topological polar surface area (TPSA) is 57.5 Å². The van der Waals surface area contributed by atoms with Gasteiger partial charge in [0.25, 0.3) is 0 Å². The summed E-state index contributed by atoms with van der Waals surface area (Å²) in [6.45, 7) is 0. The molecule has 0 radical (unpaired) electrons. The maximum Gasteiger partial charge on any atom is 0.761 e. The van der Waals surface area contributed by atoms with Crippen LogP contribution in [0.25, 0.3) is 0 Å². The normalized spacial score (nSPS) is 4.80. The molecule has 5 heteroatoms. The molecule has 0 saturated heterocycles. The summed E-state index contributed by atoms with van der Waals surface area (Å²) in [5.74, 6) is 0. The molecule has 0 aromatic carbocycles. The molecule has 0 fully saturated rings. The van der Waals surface area contributed by atoms with E-state index >= 15 is 0 Å². The molecule has 0 unspecified atom stereocenters.